The maximum absolute atomic E-state index is 9.44. The molecule has 1 atom stereocenters. The van der Waals surface area contributed by atoms with Gasteiger partial charge in [0.05, 0.1) is 0 Å². The van der Waals surface area contributed by atoms with E-state index in [0.717, 1.165) is 18.9 Å². The lowest BCUT2D eigenvalue weighted by molar-refractivity contribution is -0.115. The second-order valence-electron chi connectivity index (χ2n) is 12.0. The zero-order valence-corrected chi connectivity index (χ0v) is 35.1. The number of rotatable bonds is 18. The molecule has 0 aromatic rings. The van der Waals surface area contributed by atoms with Gasteiger partial charge in [-0.25, -0.2) is 0 Å². The lowest BCUT2D eigenvalue weighted by Crippen LogP contribution is -2.33. The molecule has 278 valence electrons. The molecule has 0 saturated heterocycles. The van der Waals surface area contributed by atoms with E-state index in [2.05, 4.69) is 88.0 Å². The van der Waals surface area contributed by atoms with Crippen molar-refractivity contribution in [2.24, 2.45) is 11.8 Å². The standard InChI is InChI=1S/C22H47NO.C3H6O.4C3H8.2C2H6/c1-5-6-7-8-9-10-11-12-13-14-16-22(4)20-23(17-15-18-24)19-21(2)3;1-3(2)4;4*1-3-2;2*1-2/h21-22,24H,5-20H2,1-4H3;1-2H3;4*3H2,1-2H3;2*1-2H3. The van der Waals surface area contributed by atoms with Crippen LogP contribution in [0.1, 0.15) is 227 Å². The molecule has 0 spiro atoms. The minimum Gasteiger partial charge on any atom is -0.396 e. The monoisotopic (exact) mass is 636 g/mol. The quantitative estimate of drug-likeness (QED) is 0.152. The van der Waals surface area contributed by atoms with Crippen molar-refractivity contribution in [1.82, 2.24) is 4.90 Å². The van der Waals surface area contributed by atoms with Crippen molar-refractivity contribution in [3.05, 3.63) is 0 Å². The Balaban J connectivity index is -0.0000000881. The number of carbonyl (C=O) groups excluding carboxylic acids is 1. The zero-order chi connectivity index (χ0) is 36.5. The molecule has 1 N–H and O–H groups in total. The van der Waals surface area contributed by atoms with Gasteiger partial charge in [-0.2, -0.15) is 0 Å². The van der Waals surface area contributed by atoms with Gasteiger partial charge < -0.3 is 14.8 Å². The Morgan fingerprint density at radius 3 is 1.11 bits per heavy atom. The van der Waals surface area contributed by atoms with Crippen LogP contribution in [0, 0.1) is 11.8 Å². The highest BCUT2D eigenvalue weighted by atomic mass is 16.3. The lowest BCUT2D eigenvalue weighted by Gasteiger charge is -2.27. The molecule has 0 rings (SSSR count). The first-order valence-electron chi connectivity index (χ1n) is 19.8. The molecule has 44 heavy (non-hydrogen) atoms. The molecule has 3 heteroatoms. The van der Waals surface area contributed by atoms with Crippen LogP contribution in [0.25, 0.3) is 0 Å². The fourth-order valence-corrected chi connectivity index (χ4v) is 3.58. The number of hydrogen-bond acceptors (Lipinski definition) is 3. The second kappa shape index (κ2) is 73.8. The van der Waals surface area contributed by atoms with Crippen molar-refractivity contribution in [2.75, 3.05) is 26.2 Å². The van der Waals surface area contributed by atoms with Gasteiger partial charge in [-0.15, -0.1) is 0 Å². The summed E-state index contributed by atoms with van der Waals surface area (Å²) in [6.45, 7) is 41.1. The average Bonchev–Trinajstić information content (AvgIpc) is 2.96. The van der Waals surface area contributed by atoms with E-state index in [-0.39, 0.29) is 5.78 Å². The summed E-state index contributed by atoms with van der Waals surface area (Å²) in [4.78, 5) is 12.0. The highest BCUT2D eigenvalue weighted by Gasteiger charge is 2.11. The molecular formula is C41H97NO2. The molecule has 0 aromatic carbocycles. The molecule has 0 fully saturated rings. The van der Waals surface area contributed by atoms with E-state index in [1.807, 2.05) is 27.7 Å². The minimum atomic E-state index is 0.167. The Morgan fingerprint density at radius 2 is 0.841 bits per heavy atom. The van der Waals surface area contributed by atoms with Crippen LogP contribution in [0.3, 0.4) is 0 Å². The van der Waals surface area contributed by atoms with Gasteiger partial charge in [0.2, 0.25) is 0 Å². The number of unbranched alkanes of at least 4 members (excludes halogenated alkanes) is 9. The van der Waals surface area contributed by atoms with Gasteiger partial charge in [-0.3, -0.25) is 0 Å². The Labute approximate surface area is 285 Å². The molecule has 0 radical (unpaired) electrons. The smallest absolute Gasteiger partial charge is 0.126 e. The summed E-state index contributed by atoms with van der Waals surface area (Å²) in [5.74, 6) is 1.67. The third-order valence-electron chi connectivity index (χ3n) is 4.88. The van der Waals surface area contributed by atoms with E-state index in [1.165, 1.54) is 123 Å². The van der Waals surface area contributed by atoms with Crippen LogP contribution < -0.4 is 0 Å². The van der Waals surface area contributed by atoms with Crippen molar-refractivity contribution in [2.45, 2.75) is 227 Å². The summed E-state index contributed by atoms with van der Waals surface area (Å²) in [6, 6.07) is 0. The summed E-state index contributed by atoms with van der Waals surface area (Å²) < 4.78 is 0. The normalized spacial score (nSPS) is 9.66. The van der Waals surface area contributed by atoms with Gasteiger partial charge in [0.25, 0.3) is 0 Å². The maximum Gasteiger partial charge on any atom is 0.126 e. The largest absolute Gasteiger partial charge is 0.396 e. The van der Waals surface area contributed by atoms with Crippen molar-refractivity contribution in [3.63, 3.8) is 0 Å². The molecule has 3 nitrogen and oxygen atoms in total. The minimum absolute atomic E-state index is 0.167. The third kappa shape index (κ3) is 123. The number of nitrogens with zero attached hydrogens (tertiary/aromatic N) is 1. The van der Waals surface area contributed by atoms with Gasteiger partial charge in [0.15, 0.2) is 0 Å². The number of carbonyl (C=O) groups is 1. The Bertz CT molecular complexity index is 360. The van der Waals surface area contributed by atoms with Crippen molar-refractivity contribution in [3.8, 4) is 0 Å². The predicted octanol–water partition coefficient (Wildman–Crippen LogP) is 14.6. The van der Waals surface area contributed by atoms with Crippen LogP contribution in [-0.2, 0) is 4.79 Å². The van der Waals surface area contributed by atoms with E-state index in [9.17, 15) is 4.79 Å². The average molecular weight is 636 g/mol. The van der Waals surface area contributed by atoms with Crippen LogP contribution in [0.5, 0.6) is 0 Å². The first kappa shape index (κ1) is 62.4. The highest BCUT2D eigenvalue weighted by Crippen LogP contribution is 2.15. The molecule has 1 unspecified atom stereocenters. The molecule has 0 aromatic heterocycles. The topological polar surface area (TPSA) is 40.5 Å². The Morgan fingerprint density at radius 1 is 0.545 bits per heavy atom. The fraction of sp³-hybridized carbons (Fsp3) is 0.976. The number of Topliss-reactive ketones (excluding diaryl/α,β-unsaturated/α-hetero) is 1. The second-order valence-corrected chi connectivity index (χ2v) is 12.0. The van der Waals surface area contributed by atoms with Crippen LogP contribution in [0.4, 0.5) is 0 Å². The first-order chi connectivity index (χ1) is 21.0. The van der Waals surface area contributed by atoms with E-state index in [0.29, 0.717) is 12.5 Å². The van der Waals surface area contributed by atoms with Crippen molar-refractivity contribution in [1.29, 1.82) is 0 Å². The molecule has 0 aliphatic heterocycles. The van der Waals surface area contributed by atoms with Gasteiger partial charge in [-0.1, -0.05) is 201 Å². The first-order valence-corrected chi connectivity index (χ1v) is 19.8. The molecule has 0 saturated carbocycles. The summed E-state index contributed by atoms with van der Waals surface area (Å²) >= 11 is 0. The molecule has 0 aliphatic carbocycles. The van der Waals surface area contributed by atoms with Crippen molar-refractivity contribution < 1.29 is 9.90 Å². The molecule has 0 bridgehead atoms. The van der Waals surface area contributed by atoms with E-state index < -0.39 is 0 Å². The van der Waals surface area contributed by atoms with Crippen LogP contribution in [0.15, 0.2) is 0 Å². The summed E-state index contributed by atoms with van der Waals surface area (Å²) in [5.41, 5.74) is 0. The van der Waals surface area contributed by atoms with Crippen LogP contribution in [-0.4, -0.2) is 42.0 Å². The van der Waals surface area contributed by atoms with E-state index >= 15 is 0 Å². The van der Waals surface area contributed by atoms with Gasteiger partial charge in [-0.05, 0) is 38.5 Å². The van der Waals surface area contributed by atoms with Crippen LogP contribution in [0.2, 0.25) is 0 Å². The SMILES string of the molecule is CC.CC.CC(C)=O.CCC.CCC.CCC.CCC.CCCCCCCCCCCCC(C)CN(CCCO)CC(C)C. The van der Waals surface area contributed by atoms with Gasteiger partial charge >= 0.3 is 0 Å². The van der Waals surface area contributed by atoms with Gasteiger partial charge in [0.1, 0.15) is 5.78 Å². The number of aliphatic hydroxyl groups is 1. The third-order valence-corrected chi connectivity index (χ3v) is 4.88. The molecular weight excluding hydrogens is 538 g/mol. The Kier molecular flexibility index (Phi) is 105. The predicted molar refractivity (Wildman–Crippen MR) is 212 cm³/mol. The number of ketones is 1. The van der Waals surface area contributed by atoms with E-state index in [4.69, 9.17) is 5.11 Å². The molecule has 0 aliphatic rings. The van der Waals surface area contributed by atoms with Crippen LogP contribution >= 0.6 is 0 Å². The van der Waals surface area contributed by atoms with Gasteiger partial charge in [0, 0.05) is 26.2 Å². The summed E-state index contributed by atoms with van der Waals surface area (Å²) in [7, 11) is 0. The summed E-state index contributed by atoms with van der Waals surface area (Å²) in [5, 5.41) is 9.06. The number of aliphatic hydroxyl groups excluding tert-OH is 1. The molecule has 0 heterocycles. The lowest BCUT2D eigenvalue weighted by atomic mass is 10.00. The van der Waals surface area contributed by atoms with Crippen molar-refractivity contribution >= 4 is 5.78 Å². The maximum atomic E-state index is 9.44. The fourth-order valence-electron chi connectivity index (χ4n) is 3.58. The molecule has 0 amide bonds. The van der Waals surface area contributed by atoms with E-state index in [1.54, 1.807) is 0 Å². The number of hydrogen-bond donors (Lipinski definition) is 1. The summed E-state index contributed by atoms with van der Waals surface area (Å²) in [6.07, 6.45) is 21.5. The highest BCUT2D eigenvalue weighted by molar-refractivity contribution is 5.72. The zero-order valence-electron chi connectivity index (χ0n) is 35.1. The Hall–Kier alpha value is -0.410.